The summed E-state index contributed by atoms with van der Waals surface area (Å²) in [4.78, 5) is 16.5. The van der Waals surface area contributed by atoms with Gasteiger partial charge in [0.05, 0.1) is 19.7 Å². The van der Waals surface area contributed by atoms with Gasteiger partial charge in [0.1, 0.15) is 0 Å². The first kappa shape index (κ1) is 28.7. The Hall–Kier alpha value is -0.581. The standard InChI is InChI=1S/C10H9ClN2O2Se.C10H9ClN2O2.2Na.H/c1-14-7-3-5-6(4-8(7)15-2)12-10(11)13-9(5)16;1-14-8-3-6-5-12-10(11)13-7(6)4-9(8)15-2;;;/h3-4H,1-2H3,(H,12,13,16);3-5H,1-2H3;;;/q;;2*+1;-1/p-1. The van der Waals surface area contributed by atoms with Gasteiger partial charge in [-0.2, -0.15) is 0 Å². The molecule has 0 fully saturated rings. The molecule has 0 aliphatic carbocycles. The summed E-state index contributed by atoms with van der Waals surface area (Å²) in [6.45, 7) is 0. The number of ether oxygens (including phenoxy) is 4. The Morgan fingerprint density at radius 1 is 0.758 bits per heavy atom. The van der Waals surface area contributed by atoms with E-state index in [9.17, 15) is 0 Å². The van der Waals surface area contributed by atoms with Crippen LogP contribution in [0.15, 0.2) is 30.5 Å². The van der Waals surface area contributed by atoms with Gasteiger partial charge in [0, 0.05) is 17.6 Å². The van der Waals surface area contributed by atoms with E-state index < -0.39 is 0 Å². The first-order chi connectivity index (χ1) is 15.4. The second-order valence-corrected chi connectivity index (χ2v) is 10.6. The summed E-state index contributed by atoms with van der Waals surface area (Å²) in [7, 11) is 6.76. The van der Waals surface area contributed by atoms with Gasteiger partial charge in [-0.1, -0.05) is 0 Å². The third-order valence-corrected chi connectivity index (χ3v) is 8.21. The van der Waals surface area contributed by atoms with Crippen LogP contribution in [0.2, 0.25) is 10.6 Å². The van der Waals surface area contributed by atoms with Crippen molar-refractivity contribution in [3.05, 3.63) is 41.0 Å². The SMILES string of the molecule is COc1cc2cnc(Cl)nc2cc1OC.COc1cc2nc(Cl)nc([Se][Na])c2cc1OC.[H-].[Na+]. The largest absolute Gasteiger partial charge is 1.00 e. The molecule has 0 atom stereocenters. The predicted molar refractivity (Wildman–Crippen MR) is 128 cm³/mol. The van der Waals surface area contributed by atoms with Gasteiger partial charge in [0.2, 0.25) is 5.28 Å². The first-order valence-corrected chi connectivity index (χ1v) is 16.7. The zero-order valence-electron chi connectivity index (χ0n) is 20.0. The van der Waals surface area contributed by atoms with Crippen LogP contribution in [0.5, 0.6) is 23.0 Å². The number of aromatic nitrogens is 4. The quantitative estimate of drug-likeness (QED) is 0.246. The molecule has 2 aromatic heterocycles. The maximum absolute atomic E-state index is 5.90. The third-order valence-electron chi connectivity index (χ3n) is 4.39. The first-order valence-electron chi connectivity index (χ1n) is 9.11. The third kappa shape index (κ3) is 6.98. The van der Waals surface area contributed by atoms with Crippen LogP contribution in [-0.2, 0) is 0 Å². The number of benzene rings is 2. The van der Waals surface area contributed by atoms with Crippen molar-refractivity contribution in [3.63, 3.8) is 0 Å². The van der Waals surface area contributed by atoms with Crippen molar-refractivity contribution in [3.8, 4) is 23.0 Å². The summed E-state index contributed by atoms with van der Waals surface area (Å²) < 4.78 is 21.9. The number of rotatable bonds is 5. The van der Waals surface area contributed by atoms with Crippen molar-refractivity contribution in [2.75, 3.05) is 28.4 Å². The topological polar surface area (TPSA) is 88.5 Å². The van der Waals surface area contributed by atoms with Crippen LogP contribution in [0.25, 0.3) is 21.8 Å². The average Bonchev–Trinajstić information content (AvgIpc) is 2.81. The van der Waals surface area contributed by atoms with E-state index in [2.05, 4.69) is 19.9 Å². The molecule has 13 heteroatoms. The molecule has 0 radical (unpaired) electrons. The normalized spacial score (nSPS) is 10.2. The zero-order valence-corrected chi connectivity index (χ0v) is 26.2. The number of nitrogens with zero attached hydrogens (tertiary/aromatic N) is 4. The van der Waals surface area contributed by atoms with Crippen LogP contribution >= 0.6 is 23.2 Å². The van der Waals surface area contributed by atoms with Crippen LogP contribution in [0.1, 0.15) is 1.43 Å². The molecule has 33 heavy (non-hydrogen) atoms. The molecule has 2 heterocycles. The van der Waals surface area contributed by atoms with Crippen LogP contribution < -0.4 is 53.1 Å². The summed E-state index contributed by atoms with van der Waals surface area (Å²) >= 11 is 12.7. The molecule has 0 aliphatic rings. The molecule has 0 bridgehead atoms. The minimum absolute atomic E-state index is 0. The monoisotopic (exact) mass is 574 g/mol. The second kappa shape index (κ2) is 13.5. The van der Waals surface area contributed by atoms with Gasteiger partial charge in [-0.05, 0) is 17.7 Å². The predicted octanol–water partition coefficient (Wildman–Crippen LogP) is 0.130. The molecule has 0 amide bonds. The van der Waals surface area contributed by atoms with Crippen LogP contribution in [-0.4, -0.2) is 84.3 Å². The van der Waals surface area contributed by atoms with Gasteiger partial charge in [-0.25, -0.2) is 9.97 Å². The maximum atomic E-state index is 5.90. The molecular weight excluding hydrogens is 556 g/mol. The summed E-state index contributed by atoms with van der Waals surface area (Å²) in [6.07, 6.45) is 1.65. The molecule has 164 valence electrons. The van der Waals surface area contributed by atoms with Crippen molar-refractivity contribution in [1.82, 2.24) is 19.9 Å². The molecule has 8 nitrogen and oxygen atoms in total. The van der Waals surface area contributed by atoms with E-state index in [0.717, 1.165) is 51.8 Å². The van der Waals surface area contributed by atoms with Crippen LogP contribution in [0.4, 0.5) is 0 Å². The van der Waals surface area contributed by atoms with Crippen molar-refractivity contribution in [2.24, 2.45) is 0 Å². The van der Waals surface area contributed by atoms with E-state index in [1.165, 1.54) is 0 Å². The van der Waals surface area contributed by atoms with Gasteiger partial charge in [0.15, 0.2) is 11.5 Å². The Balaban J connectivity index is 0.000000323. The molecule has 0 unspecified atom stereocenters. The van der Waals surface area contributed by atoms with Crippen molar-refractivity contribution in [2.45, 2.75) is 0 Å². The van der Waals surface area contributed by atoms with Gasteiger partial charge in [-0.3, -0.25) is 0 Å². The van der Waals surface area contributed by atoms with E-state index in [1.807, 2.05) is 18.2 Å². The van der Waals surface area contributed by atoms with Gasteiger partial charge >= 0.3 is 155 Å². The van der Waals surface area contributed by atoms with E-state index >= 15 is 0 Å². The number of fused-ring (bicyclic) bond motifs is 2. The van der Waals surface area contributed by atoms with Crippen molar-refractivity contribution >= 4 is 85.5 Å². The van der Waals surface area contributed by atoms with Gasteiger partial charge in [0.25, 0.3) is 0 Å². The Bertz CT molecular complexity index is 1280. The molecule has 0 saturated heterocycles. The van der Waals surface area contributed by atoms with E-state index in [1.54, 1.807) is 40.7 Å². The van der Waals surface area contributed by atoms with Gasteiger partial charge in [-0.15, -0.1) is 0 Å². The summed E-state index contributed by atoms with van der Waals surface area (Å²) in [5.41, 5.74) is 1.53. The van der Waals surface area contributed by atoms with Crippen LogP contribution in [0.3, 0.4) is 0 Å². The van der Waals surface area contributed by atoms with Crippen LogP contribution in [0, 0.1) is 0 Å². The Labute approximate surface area is 245 Å². The molecule has 0 aliphatic heterocycles. The Kier molecular flexibility index (Phi) is 11.7. The van der Waals surface area contributed by atoms with E-state index in [4.69, 9.17) is 42.1 Å². The summed E-state index contributed by atoms with van der Waals surface area (Å²) in [5.74, 6) is 2.62. The Morgan fingerprint density at radius 2 is 1.27 bits per heavy atom. The molecule has 0 spiro atoms. The fraction of sp³-hybridized carbons (Fsp3) is 0.200. The van der Waals surface area contributed by atoms with Crippen molar-refractivity contribution in [1.29, 1.82) is 0 Å². The maximum Gasteiger partial charge on any atom is 1.00 e. The number of halogens is 2. The zero-order chi connectivity index (χ0) is 23.3. The molecule has 0 saturated carbocycles. The Morgan fingerprint density at radius 3 is 1.85 bits per heavy atom. The second-order valence-electron chi connectivity index (χ2n) is 6.13. The number of hydrogen-bond acceptors (Lipinski definition) is 8. The van der Waals surface area contributed by atoms with E-state index in [-0.39, 0.29) is 41.6 Å². The molecular formula is C20H18Cl2N4Na2O4Se. The minimum Gasteiger partial charge on any atom is -1.00 e. The van der Waals surface area contributed by atoms with Crippen molar-refractivity contribution < 1.29 is 49.9 Å². The molecule has 4 aromatic rings. The summed E-state index contributed by atoms with van der Waals surface area (Å²) in [5, 5.41) is 2.37. The minimum atomic E-state index is 0. The summed E-state index contributed by atoms with van der Waals surface area (Å²) in [6, 6.07) is 7.32. The molecule has 2 aromatic carbocycles. The smallest absolute Gasteiger partial charge is 1.00 e. The average molecular weight is 574 g/mol. The number of methoxy groups -OCH3 is 4. The van der Waals surface area contributed by atoms with E-state index in [0.29, 0.717) is 33.5 Å². The fourth-order valence-corrected chi connectivity index (χ4v) is 6.11. The molecule has 0 N–H and O–H groups in total. The fourth-order valence-electron chi connectivity index (χ4n) is 2.89. The number of hydrogen-bond donors (Lipinski definition) is 0. The van der Waals surface area contributed by atoms with Gasteiger partial charge < -0.3 is 10.9 Å². The molecule has 4 rings (SSSR count).